The number of phosphoric acid groups is 1. The lowest BCUT2D eigenvalue weighted by Gasteiger charge is -2.19. The molecular weight excluding hydrogens is 339 g/mol. The molecule has 0 aliphatic heterocycles. The molecule has 0 saturated heterocycles. The van der Waals surface area contributed by atoms with Gasteiger partial charge in [0.05, 0.1) is 7.11 Å². The zero-order valence-electron chi connectivity index (χ0n) is 13.6. The Balaban J connectivity index is 1.88. The molecule has 0 heterocycles. The van der Waals surface area contributed by atoms with Crippen molar-refractivity contribution in [3.05, 3.63) is 84.9 Å². The van der Waals surface area contributed by atoms with Gasteiger partial charge in [0.25, 0.3) is 0 Å². The van der Waals surface area contributed by atoms with E-state index in [4.69, 9.17) is 18.3 Å². The Morgan fingerprint density at radius 2 is 1.04 bits per heavy atom. The average molecular weight is 356 g/mol. The van der Waals surface area contributed by atoms with Crippen LogP contribution in [0.3, 0.4) is 0 Å². The van der Waals surface area contributed by atoms with Gasteiger partial charge < -0.3 is 18.3 Å². The Morgan fingerprint density at radius 3 is 1.56 bits per heavy atom. The van der Waals surface area contributed by atoms with E-state index in [1.54, 1.807) is 79.9 Å². The van der Waals surface area contributed by atoms with Crippen molar-refractivity contribution in [3.8, 4) is 23.0 Å². The summed E-state index contributed by atoms with van der Waals surface area (Å²) >= 11 is 0. The molecule has 0 bridgehead atoms. The summed E-state index contributed by atoms with van der Waals surface area (Å²) in [5.41, 5.74) is 0. The van der Waals surface area contributed by atoms with E-state index in [0.717, 1.165) is 0 Å². The van der Waals surface area contributed by atoms with Crippen molar-refractivity contribution in [1.29, 1.82) is 0 Å². The number of hydrogen-bond acceptors (Lipinski definition) is 5. The molecule has 3 aromatic carbocycles. The minimum atomic E-state index is -3.97. The third-order valence-electron chi connectivity index (χ3n) is 3.18. The number of ether oxygens (including phenoxy) is 1. The average Bonchev–Trinajstić information content (AvgIpc) is 2.63. The number of rotatable bonds is 7. The maximum atomic E-state index is 13.2. The van der Waals surface area contributed by atoms with Gasteiger partial charge in [-0.15, -0.1) is 0 Å². The summed E-state index contributed by atoms with van der Waals surface area (Å²) in [6.07, 6.45) is 0. The molecule has 128 valence electrons. The van der Waals surface area contributed by atoms with Gasteiger partial charge in [0, 0.05) is 6.07 Å². The molecule has 0 fully saturated rings. The Hall–Kier alpha value is -2.91. The van der Waals surface area contributed by atoms with Crippen LogP contribution in [0.5, 0.6) is 23.0 Å². The lowest BCUT2D eigenvalue weighted by molar-refractivity contribution is 0.298. The molecule has 0 N–H and O–H groups in total. The van der Waals surface area contributed by atoms with Gasteiger partial charge in [0.2, 0.25) is 0 Å². The van der Waals surface area contributed by atoms with Gasteiger partial charge in [0.1, 0.15) is 23.0 Å². The van der Waals surface area contributed by atoms with Crippen LogP contribution in [0.2, 0.25) is 0 Å². The number of benzene rings is 3. The first kappa shape index (κ1) is 16.9. The van der Waals surface area contributed by atoms with E-state index in [1.165, 1.54) is 0 Å². The standard InChI is InChI=1S/C19H17O5P/c1-21-18-13-8-14-19(15-18)24-25(20,22-16-9-4-2-5-10-16)23-17-11-6-3-7-12-17/h2-15H,1H3. The van der Waals surface area contributed by atoms with E-state index in [0.29, 0.717) is 23.0 Å². The first-order valence-corrected chi connectivity index (χ1v) is 9.06. The fourth-order valence-corrected chi connectivity index (χ4v) is 3.31. The van der Waals surface area contributed by atoms with E-state index in [2.05, 4.69) is 0 Å². The van der Waals surface area contributed by atoms with Crippen molar-refractivity contribution in [3.63, 3.8) is 0 Å². The molecule has 0 spiro atoms. The first-order valence-electron chi connectivity index (χ1n) is 7.60. The largest absolute Gasteiger partial charge is 0.647 e. The minimum absolute atomic E-state index is 0.314. The number of hydrogen-bond donors (Lipinski definition) is 0. The van der Waals surface area contributed by atoms with Crippen LogP contribution in [0.1, 0.15) is 0 Å². The molecule has 0 radical (unpaired) electrons. The third-order valence-corrected chi connectivity index (χ3v) is 4.48. The summed E-state index contributed by atoms with van der Waals surface area (Å²) in [5, 5.41) is 0. The quantitative estimate of drug-likeness (QED) is 0.535. The van der Waals surface area contributed by atoms with Crippen molar-refractivity contribution in [2.75, 3.05) is 7.11 Å². The van der Waals surface area contributed by atoms with E-state index < -0.39 is 7.82 Å². The summed E-state index contributed by atoms with van der Waals surface area (Å²) in [6.45, 7) is 0. The van der Waals surface area contributed by atoms with Gasteiger partial charge in [-0.2, -0.15) is 4.57 Å². The van der Waals surface area contributed by atoms with E-state index in [9.17, 15) is 4.57 Å². The van der Waals surface area contributed by atoms with Gasteiger partial charge in [-0.3, -0.25) is 0 Å². The maximum Gasteiger partial charge on any atom is 0.647 e. The molecule has 6 heteroatoms. The summed E-state index contributed by atoms with van der Waals surface area (Å²) in [5.74, 6) is 1.65. The van der Waals surface area contributed by atoms with Crippen LogP contribution in [0.4, 0.5) is 0 Å². The van der Waals surface area contributed by atoms with Crippen LogP contribution in [0.25, 0.3) is 0 Å². The summed E-state index contributed by atoms with van der Waals surface area (Å²) < 4.78 is 35.1. The Bertz CT molecular complexity index is 806. The van der Waals surface area contributed by atoms with Crippen LogP contribution >= 0.6 is 7.82 Å². The smallest absolute Gasteiger partial charge is 0.497 e. The molecule has 0 aliphatic carbocycles. The second kappa shape index (κ2) is 7.77. The highest BCUT2D eigenvalue weighted by atomic mass is 31.2. The third kappa shape index (κ3) is 4.78. The zero-order valence-corrected chi connectivity index (χ0v) is 14.5. The van der Waals surface area contributed by atoms with Crippen LogP contribution in [0.15, 0.2) is 84.9 Å². The molecule has 0 aliphatic rings. The van der Waals surface area contributed by atoms with E-state index in [-0.39, 0.29) is 0 Å². The molecular formula is C19H17O5P. The summed E-state index contributed by atoms with van der Waals surface area (Å²) in [4.78, 5) is 0. The van der Waals surface area contributed by atoms with Crippen molar-refractivity contribution in [1.82, 2.24) is 0 Å². The first-order chi connectivity index (χ1) is 12.2. The fraction of sp³-hybridized carbons (Fsp3) is 0.0526. The molecule has 5 nitrogen and oxygen atoms in total. The Morgan fingerprint density at radius 1 is 0.600 bits per heavy atom. The molecule has 0 atom stereocenters. The summed E-state index contributed by atoms with van der Waals surface area (Å²) in [6, 6.07) is 24.2. The van der Waals surface area contributed by atoms with Crippen LogP contribution < -0.4 is 18.3 Å². The normalized spacial score (nSPS) is 10.8. The van der Waals surface area contributed by atoms with Crippen molar-refractivity contribution >= 4 is 7.82 Å². The molecule has 0 saturated carbocycles. The predicted molar refractivity (Wildman–Crippen MR) is 95.4 cm³/mol. The van der Waals surface area contributed by atoms with Crippen LogP contribution in [0, 0.1) is 0 Å². The van der Waals surface area contributed by atoms with Crippen molar-refractivity contribution in [2.24, 2.45) is 0 Å². The molecule has 3 aromatic rings. The van der Waals surface area contributed by atoms with Gasteiger partial charge in [-0.05, 0) is 36.4 Å². The maximum absolute atomic E-state index is 13.2. The van der Waals surface area contributed by atoms with Crippen LogP contribution in [-0.4, -0.2) is 7.11 Å². The monoisotopic (exact) mass is 356 g/mol. The van der Waals surface area contributed by atoms with Crippen molar-refractivity contribution in [2.45, 2.75) is 0 Å². The van der Waals surface area contributed by atoms with Gasteiger partial charge in [-0.1, -0.05) is 42.5 Å². The SMILES string of the molecule is COc1cccc(OP(=O)(Oc2ccccc2)Oc2ccccc2)c1. The topological polar surface area (TPSA) is 54.0 Å². The Labute approximate surface area is 146 Å². The minimum Gasteiger partial charge on any atom is -0.497 e. The molecule has 25 heavy (non-hydrogen) atoms. The van der Waals surface area contributed by atoms with Gasteiger partial charge in [-0.25, -0.2) is 0 Å². The lowest BCUT2D eigenvalue weighted by Crippen LogP contribution is -2.07. The second-order valence-electron chi connectivity index (χ2n) is 5.03. The molecule has 0 unspecified atom stereocenters. The molecule has 0 amide bonds. The van der Waals surface area contributed by atoms with Gasteiger partial charge in [0.15, 0.2) is 0 Å². The van der Waals surface area contributed by atoms with E-state index >= 15 is 0 Å². The van der Waals surface area contributed by atoms with Crippen LogP contribution in [-0.2, 0) is 4.57 Å². The zero-order chi connectivity index (χ0) is 17.5. The highest BCUT2D eigenvalue weighted by molar-refractivity contribution is 7.49. The highest BCUT2D eigenvalue weighted by Gasteiger charge is 2.33. The summed E-state index contributed by atoms with van der Waals surface area (Å²) in [7, 11) is -2.43. The van der Waals surface area contributed by atoms with Gasteiger partial charge >= 0.3 is 7.82 Å². The number of methoxy groups -OCH3 is 1. The fourth-order valence-electron chi connectivity index (χ4n) is 2.06. The highest BCUT2D eigenvalue weighted by Crippen LogP contribution is 2.49. The number of phosphoric ester groups is 1. The predicted octanol–water partition coefficient (Wildman–Crippen LogP) is 5.34. The lowest BCUT2D eigenvalue weighted by atomic mass is 10.3. The second-order valence-corrected chi connectivity index (χ2v) is 6.47. The van der Waals surface area contributed by atoms with E-state index in [1.807, 2.05) is 12.1 Å². The molecule has 3 rings (SSSR count). The Kier molecular flexibility index (Phi) is 5.26. The van der Waals surface area contributed by atoms with Crippen molar-refractivity contribution < 1.29 is 22.9 Å². The number of para-hydroxylation sites is 2. The molecule has 0 aromatic heterocycles.